The van der Waals surface area contributed by atoms with E-state index in [2.05, 4.69) is 25.9 Å². The highest BCUT2D eigenvalue weighted by molar-refractivity contribution is 5.95. The Kier molecular flexibility index (Phi) is 11.2. The molecule has 9 N–H and O–H groups in total. The first kappa shape index (κ1) is 33.7. The van der Waals surface area contributed by atoms with Crippen LogP contribution in [0.3, 0.4) is 0 Å². The molecule has 0 aliphatic heterocycles. The van der Waals surface area contributed by atoms with Crippen LogP contribution < -0.4 is 21.7 Å². The van der Waals surface area contributed by atoms with Gasteiger partial charge in [0, 0.05) is 47.0 Å². The minimum atomic E-state index is -1.38. The number of nitrogens with two attached hydrogens (primary N) is 1. The minimum absolute atomic E-state index is 0.0510. The van der Waals surface area contributed by atoms with Gasteiger partial charge in [-0.15, -0.1) is 0 Å². The number of carboxylic acid groups (broad SMARTS) is 2. The van der Waals surface area contributed by atoms with Gasteiger partial charge in [0.15, 0.2) is 0 Å². The number of hydrogen-bond donors (Lipinski definition) is 8. The Bertz CT molecular complexity index is 1710. The zero-order valence-corrected chi connectivity index (χ0v) is 25.7. The van der Waals surface area contributed by atoms with Gasteiger partial charge >= 0.3 is 11.9 Å². The van der Waals surface area contributed by atoms with E-state index in [1.54, 1.807) is 19.3 Å². The largest absolute Gasteiger partial charge is 0.481 e. The molecule has 46 heavy (non-hydrogen) atoms. The van der Waals surface area contributed by atoms with Crippen molar-refractivity contribution in [3.63, 3.8) is 0 Å². The Labute approximate surface area is 265 Å². The van der Waals surface area contributed by atoms with Crippen molar-refractivity contribution in [2.45, 2.75) is 70.1 Å². The second-order valence-corrected chi connectivity index (χ2v) is 11.5. The van der Waals surface area contributed by atoms with Gasteiger partial charge in [-0.25, -0.2) is 4.79 Å². The Morgan fingerprint density at radius 1 is 0.761 bits per heavy atom. The number of carbonyl (C=O) groups excluding carboxylic acids is 3. The molecule has 13 heteroatoms. The van der Waals surface area contributed by atoms with Crippen LogP contribution in [0, 0.1) is 5.92 Å². The zero-order valence-electron chi connectivity index (χ0n) is 25.7. The molecule has 2 heterocycles. The number of para-hydroxylation sites is 2. The number of H-pyrrole nitrogens is 2. The number of aliphatic carboxylic acids is 2. The summed E-state index contributed by atoms with van der Waals surface area (Å²) in [5.74, 6) is -5.00. The fourth-order valence-electron chi connectivity index (χ4n) is 5.38. The van der Waals surface area contributed by atoms with Crippen molar-refractivity contribution in [2.24, 2.45) is 11.7 Å². The lowest BCUT2D eigenvalue weighted by atomic mass is 9.96. The molecule has 0 fully saturated rings. The van der Waals surface area contributed by atoms with E-state index < -0.39 is 60.2 Å². The monoisotopic (exact) mass is 632 g/mol. The summed E-state index contributed by atoms with van der Waals surface area (Å²) in [6.07, 6.45) is 3.34. The molecule has 2 aromatic heterocycles. The number of carboxylic acids is 2. The Balaban J connectivity index is 1.46. The first-order valence-electron chi connectivity index (χ1n) is 15.2. The average Bonchev–Trinajstić information content (AvgIpc) is 3.64. The van der Waals surface area contributed by atoms with Crippen molar-refractivity contribution < 1.29 is 34.2 Å². The van der Waals surface area contributed by atoms with E-state index in [9.17, 15) is 34.2 Å². The molecule has 0 saturated heterocycles. The predicted molar refractivity (Wildman–Crippen MR) is 172 cm³/mol. The third kappa shape index (κ3) is 8.30. The van der Waals surface area contributed by atoms with E-state index in [1.807, 2.05) is 55.5 Å². The molecule has 5 atom stereocenters. The number of benzene rings is 2. The van der Waals surface area contributed by atoms with E-state index in [0.717, 1.165) is 27.4 Å². The lowest BCUT2D eigenvalue weighted by Gasteiger charge is -2.28. The number of nitrogens with one attached hydrogen (secondary N) is 5. The molecule has 5 unspecified atom stereocenters. The molecular formula is C33H40N6O7. The summed E-state index contributed by atoms with van der Waals surface area (Å²) >= 11 is 0. The van der Waals surface area contributed by atoms with Crippen LogP contribution in [0.2, 0.25) is 0 Å². The molecule has 13 nitrogen and oxygen atoms in total. The summed E-state index contributed by atoms with van der Waals surface area (Å²) in [7, 11) is 0. The van der Waals surface area contributed by atoms with Gasteiger partial charge in [0.1, 0.15) is 18.1 Å². The van der Waals surface area contributed by atoms with Crippen LogP contribution in [0.15, 0.2) is 60.9 Å². The van der Waals surface area contributed by atoms with E-state index >= 15 is 0 Å². The number of hydrogen-bond acceptors (Lipinski definition) is 6. The van der Waals surface area contributed by atoms with Crippen molar-refractivity contribution >= 4 is 51.5 Å². The van der Waals surface area contributed by atoms with Crippen molar-refractivity contribution in [3.8, 4) is 0 Å². The number of amides is 3. The number of aromatic amines is 2. The summed E-state index contributed by atoms with van der Waals surface area (Å²) < 4.78 is 0. The summed E-state index contributed by atoms with van der Waals surface area (Å²) in [6, 6.07) is 10.1. The summed E-state index contributed by atoms with van der Waals surface area (Å²) in [6.45, 7) is 3.59. The van der Waals surface area contributed by atoms with Gasteiger partial charge < -0.3 is 41.9 Å². The van der Waals surface area contributed by atoms with Gasteiger partial charge in [-0.3, -0.25) is 19.2 Å². The fourth-order valence-corrected chi connectivity index (χ4v) is 5.38. The van der Waals surface area contributed by atoms with Crippen LogP contribution in [0.25, 0.3) is 21.8 Å². The maximum Gasteiger partial charge on any atom is 0.326 e. The summed E-state index contributed by atoms with van der Waals surface area (Å²) in [5, 5.41) is 28.7. The van der Waals surface area contributed by atoms with Crippen LogP contribution in [0.1, 0.15) is 44.2 Å². The van der Waals surface area contributed by atoms with Crippen molar-refractivity contribution in [2.75, 3.05) is 0 Å². The summed E-state index contributed by atoms with van der Waals surface area (Å²) in [5.41, 5.74) is 9.46. The standard InChI is InChI=1S/C33H40N6O7/c1-3-18(2)29(39-30(42)23(34)14-19-16-35-24-10-6-4-8-21(19)24)32(44)37-26(12-13-28(40)41)31(43)38-27(33(45)46)15-20-17-36-25-11-7-5-9-22(20)25/h4-11,16-18,23,26-27,29,35-36H,3,12-15,34H2,1-2H3,(H,37,44)(H,38,43)(H,39,42)(H,40,41)(H,45,46). The van der Waals surface area contributed by atoms with Crippen molar-refractivity contribution in [3.05, 3.63) is 72.1 Å². The lowest BCUT2D eigenvalue weighted by molar-refractivity contribution is -0.143. The Hall–Kier alpha value is -5.17. The molecule has 4 rings (SSSR count). The maximum atomic E-state index is 13.6. The highest BCUT2D eigenvalue weighted by Crippen LogP contribution is 2.20. The molecule has 2 aromatic carbocycles. The molecule has 0 aliphatic carbocycles. The first-order chi connectivity index (χ1) is 22.0. The Morgan fingerprint density at radius 3 is 1.85 bits per heavy atom. The van der Waals surface area contributed by atoms with Crippen molar-refractivity contribution in [1.82, 2.24) is 25.9 Å². The van der Waals surface area contributed by atoms with Crippen molar-refractivity contribution in [1.29, 1.82) is 0 Å². The molecule has 0 spiro atoms. The van der Waals surface area contributed by atoms with Gasteiger partial charge in [0.2, 0.25) is 17.7 Å². The smallest absolute Gasteiger partial charge is 0.326 e. The second kappa shape index (κ2) is 15.2. The fraction of sp³-hybridized carbons (Fsp3) is 0.364. The van der Waals surface area contributed by atoms with Gasteiger partial charge in [-0.2, -0.15) is 0 Å². The summed E-state index contributed by atoms with van der Waals surface area (Å²) in [4.78, 5) is 69.9. The van der Waals surface area contributed by atoms with Crippen LogP contribution in [-0.4, -0.2) is 74.0 Å². The topological polar surface area (TPSA) is 219 Å². The quantitative estimate of drug-likeness (QED) is 0.0913. The molecule has 3 amide bonds. The highest BCUT2D eigenvalue weighted by atomic mass is 16.4. The normalized spacial score (nSPS) is 14.6. The molecule has 0 radical (unpaired) electrons. The molecule has 0 saturated carbocycles. The molecule has 0 aliphatic rings. The van der Waals surface area contributed by atoms with Crippen LogP contribution in [0.5, 0.6) is 0 Å². The van der Waals surface area contributed by atoms with E-state index in [4.69, 9.17) is 5.73 Å². The van der Waals surface area contributed by atoms with E-state index in [1.165, 1.54) is 0 Å². The van der Waals surface area contributed by atoms with E-state index in [0.29, 0.717) is 12.0 Å². The third-order valence-electron chi connectivity index (χ3n) is 8.24. The SMILES string of the molecule is CCC(C)C(NC(=O)C(N)Cc1c[nH]c2ccccc12)C(=O)NC(CCC(=O)O)C(=O)NC(Cc1c[nH]c2ccccc12)C(=O)O. The molecular weight excluding hydrogens is 592 g/mol. The minimum Gasteiger partial charge on any atom is -0.481 e. The number of carbonyl (C=O) groups is 5. The van der Waals surface area contributed by atoms with Gasteiger partial charge in [0.05, 0.1) is 6.04 Å². The maximum absolute atomic E-state index is 13.6. The average molecular weight is 633 g/mol. The van der Waals surface area contributed by atoms with E-state index in [-0.39, 0.29) is 25.2 Å². The highest BCUT2D eigenvalue weighted by Gasteiger charge is 2.33. The zero-order chi connectivity index (χ0) is 33.4. The Morgan fingerprint density at radius 2 is 1.30 bits per heavy atom. The predicted octanol–water partition coefficient (Wildman–Crippen LogP) is 2.21. The van der Waals surface area contributed by atoms with Crippen LogP contribution in [-0.2, 0) is 36.8 Å². The van der Waals surface area contributed by atoms with Gasteiger partial charge in [-0.1, -0.05) is 56.7 Å². The van der Waals surface area contributed by atoms with Gasteiger partial charge in [-0.05, 0) is 42.0 Å². The number of fused-ring (bicyclic) bond motifs is 2. The first-order valence-corrected chi connectivity index (χ1v) is 15.2. The van der Waals surface area contributed by atoms with Gasteiger partial charge in [0.25, 0.3) is 0 Å². The van der Waals surface area contributed by atoms with Crippen LogP contribution in [0.4, 0.5) is 0 Å². The molecule has 244 valence electrons. The number of aromatic nitrogens is 2. The molecule has 4 aromatic rings. The number of rotatable bonds is 16. The third-order valence-corrected chi connectivity index (χ3v) is 8.24. The second-order valence-electron chi connectivity index (χ2n) is 11.5. The van der Waals surface area contributed by atoms with Crippen LogP contribution >= 0.6 is 0 Å². The lowest BCUT2D eigenvalue weighted by Crippen LogP contribution is -2.59. The molecule has 0 bridgehead atoms.